The van der Waals surface area contributed by atoms with Crippen molar-refractivity contribution in [2.75, 3.05) is 45.6 Å². The largest absolute Gasteiger partial charge is 0.344 e. The lowest BCUT2D eigenvalue weighted by atomic mass is 9.96. The SMILES string of the molecule is CN(C)C(=O)c1sc2cnc(Nc3ccc(CN4CCNCC4)cn3)nc2c1C1CCCC1. The summed E-state index contributed by atoms with van der Waals surface area (Å²) in [5.41, 5.74) is 3.22. The average molecular weight is 466 g/mol. The van der Waals surface area contributed by atoms with Crippen molar-refractivity contribution < 1.29 is 4.79 Å². The van der Waals surface area contributed by atoms with E-state index in [4.69, 9.17) is 4.98 Å². The average Bonchev–Trinajstić information content (AvgIpc) is 3.48. The zero-order valence-corrected chi connectivity index (χ0v) is 20.1. The molecule has 2 N–H and O–H groups in total. The summed E-state index contributed by atoms with van der Waals surface area (Å²) in [6, 6.07) is 4.09. The molecule has 1 aliphatic carbocycles. The Balaban J connectivity index is 1.38. The van der Waals surface area contributed by atoms with E-state index in [1.807, 2.05) is 18.5 Å². The standard InChI is InChI=1S/C24H31N7OS/c1-30(2)23(32)22-20(17-5-3-4-6-17)21-18(33-22)14-27-24(29-21)28-19-8-7-16(13-26-19)15-31-11-9-25-10-12-31/h7-8,13-14,17,25H,3-6,9-12,15H2,1-2H3,(H,26,27,28,29). The van der Waals surface area contributed by atoms with Crippen LogP contribution in [0.25, 0.3) is 10.2 Å². The van der Waals surface area contributed by atoms with Gasteiger partial charge in [-0.25, -0.2) is 15.0 Å². The maximum absolute atomic E-state index is 12.9. The number of nitrogens with zero attached hydrogens (tertiary/aromatic N) is 5. The summed E-state index contributed by atoms with van der Waals surface area (Å²) in [6.07, 6.45) is 8.39. The van der Waals surface area contributed by atoms with Crippen LogP contribution in [0.1, 0.15) is 52.4 Å². The van der Waals surface area contributed by atoms with E-state index in [0.717, 1.165) is 72.0 Å². The van der Waals surface area contributed by atoms with E-state index in [1.54, 1.807) is 19.0 Å². The van der Waals surface area contributed by atoms with Crippen LogP contribution in [0.3, 0.4) is 0 Å². The normalized spacial score (nSPS) is 17.5. The summed E-state index contributed by atoms with van der Waals surface area (Å²) in [5, 5.41) is 6.64. The topological polar surface area (TPSA) is 86.3 Å². The van der Waals surface area contributed by atoms with Gasteiger partial charge in [0.15, 0.2) is 0 Å². The molecule has 0 bridgehead atoms. The first-order valence-electron chi connectivity index (χ1n) is 11.7. The molecule has 0 spiro atoms. The molecule has 1 aliphatic heterocycles. The van der Waals surface area contributed by atoms with E-state index >= 15 is 0 Å². The number of rotatable bonds is 6. The second-order valence-electron chi connectivity index (χ2n) is 9.14. The number of carbonyl (C=O) groups is 1. The fourth-order valence-electron chi connectivity index (χ4n) is 4.76. The Morgan fingerprint density at radius 1 is 1.18 bits per heavy atom. The van der Waals surface area contributed by atoms with Gasteiger partial charge in [-0.3, -0.25) is 9.69 Å². The molecule has 9 heteroatoms. The number of hydrogen-bond acceptors (Lipinski definition) is 8. The monoisotopic (exact) mass is 465 g/mol. The zero-order chi connectivity index (χ0) is 22.8. The van der Waals surface area contributed by atoms with E-state index in [9.17, 15) is 4.79 Å². The highest BCUT2D eigenvalue weighted by Crippen LogP contribution is 2.43. The van der Waals surface area contributed by atoms with E-state index in [2.05, 4.69) is 31.6 Å². The van der Waals surface area contributed by atoms with Crippen LogP contribution in [-0.4, -0.2) is 70.9 Å². The quantitative estimate of drug-likeness (QED) is 0.575. The van der Waals surface area contributed by atoms with Crippen LogP contribution >= 0.6 is 11.3 Å². The number of carbonyl (C=O) groups excluding carboxylic acids is 1. The Labute approximate surface area is 198 Å². The Bertz CT molecular complexity index is 1120. The number of anilines is 2. The molecule has 8 nitrogen and oxygen atoms in total. The Morgan fingerprint density at radius 3 is 2.67 bits per heavy atom. The minimum absolute atomic E-state index is 0.0520. The van der Waals surface area contributed by atoms with Gasteiger partial charge in [0.05, 0.1) is 21.3 Å². The second-order valence-corrected chi connectivity index (χ2v) is 10.2. The third kappa shape index (κ3) is 4.85. The Morgan fingerprint density at radius 2 is 1.97 bits per heavy atom. The summed E-state index contributed by atoms with van der Waals surface area (Å²) >= 11 is 1.51. The molecule has 1 amide bonds. The van der Waals surface area contributed by atoms with Gasteiger partial charge in [-0.15, -0.1) is 11.3 Å². The highest BCUT2D eigenvalue weighted by molar-refractivity contribution is 7.21. The first-order chi connectivity index (χ1) is 16.1. The molecule has 2 aliphatic rings. The summed E-state index contributed by atoms with van der Waals surface area (Å²) in [6.45, 7) is 5.13. The molecule has 4 heterocycles. The van der Waals surface area contributed by atoms with Gasteiger partial charge in [0.25, 0.3) is 5.91 Å². The maximum Gasteiger partial charge on any atom is 0.263 e. The fourth-order valence-corrected chi connectivity index (χ4v) is 5.98. The van der Waals surface area contributed by atoms with Gasteiger partial charge < -0.3 is 15.5 Å². The van der Waals surface area contributed by atoms with Gasteiger partial charge in [0, 0.05) is 58.6 Å². The molecule has 1 saturated carbocycles. The number of hydrogen-bond donors (Lipinski definition) is 2. The number of amides is 1. The first kappa shape index (κ1) is 22.2. The minimum atomic E-state index is 0.0520. The lowest BCUT2D eigenvalue weighted by Gasteiger charge is -2.27. The van der Waals surface area contributed by atoms with E-state index in [0.29, 0.717) is 11.9 Å². The predicted molar refractivity (Wildman–Crippen MR) is 132 cm³/mol. The van der Waals surface area contributed by atoms with E-state index in [1.165, 1.54) is 29.7 Å². The third-order valence-electron chi connectivity index (χ3n) is 6.51. The lowest BCUT2D eigenvalue weighted by molar-refractivity contribution is 0.0831. The molecule has 3 aromatic rings. The van der Waals surface area contributed by atoms with Crippen LogP contribution in [0.15, 0.2) is 24.5 Å². The highest BCUT2D eigenvalue weighted by atomic mass is 32.1. The van der Waals surface area contributed by atoms with Crippen molar-refractivity contribution in [2.24, 2.45) is 0 Å². The molecular formula is C24H31N7OS. The van der Waals surface area contributed by atoms with Crippen molar-refractivity contribution in [2.45, 2.75) is 38.1 Å². The molecule has 174 valence electrons. The van der Waals surface area contributed by atoms with Crippen molar-refractivity contribution in [3.05, 3.63) is 40.5 Å². The molecule has 0 aromatic carbocycles. The number of fused-ring (bicyclic) bond motifs is 1. The predicted octanol–water partition coefficient (Wildman–Crippen LogP) is 3.59. The minimum Gasteiger partial charge on any atom is -0.344 e. The number of pyridine rings is 1. The van der Waals surface area contributed by atoms with Crippen molar-refractivity contribution in [3.63, 3.8) is 0 Å². The van der Waals surface area contributed by atoms with Crippen LogP contribution < -0.4 is 10.6 Å². The van der Waals surface area contributed by atoms with Crippen LogP contribution in [0.4, 0.5) is 11.8 Å². The number of thiophene rings is 1. The number of piperazine rings is 1. The van der Waals surface area contributed by atoms with Gasteiger partial charge in [0.1, 0.15) is 5.82 Å². The molecule has 1 saturated heterocycles. The van der Waals surface area contributed by atoms with Crippen molar-refractivity contribution in [1.82, 2.24) is 30.1 Å². The first-order valence-corrected chi connectivity index (χ1v) is 12.6. The van der Waals surface area contributed by atoms with Crippen LogP contribution in [0.2, 0.25) is 0 Å². The van der Waals surface area contributed by atoms with Gasteiger partial charge in [-0.2, -0.15) is 0 Å². The van der Waals surface area contributed by atoms with Crippen LogP contribution in [0, 0.1) is 0 Å². The molecular weight excluding hydrogens is 434 g/mol. The zero-order valence-electron chi connectivity index (χ0n) is 19.3. The summed E-state index contributed by atoms with van der Waals surface area (Å²) in [5.74, 6) is 1.69. The van der Waals surface area contributed by atoms with Crippen LogP contribution in [-0.2, 0) is 6.54 Å². The van der Waals surface area contributed by atoms with Crippen molar-refractivity contribution in [1.29, 1.82) is 0 Å². The van der Waals surface area contributed by atoms with Gasteiger partial charge >= 0.3 is 0 Å². The molecule has 0 radical (unpaired) electrons. The molecule has 5 rings (SSSR count). The molecule has 3 aromatic heterocycles. The summed E-state index contributed by atoms with van der Waals surface area (Å²) in [7, 11) is 3.61. The third-order valence-corrected chi connectivity index (χ3v) is 7.63. The Kier molecular flexibility index (Phi) is 6.52. The van der Waals surface area contributed by atoms with Gasteiger partial charge in [-0.05, 0) is 30.4 Å². The molecule has 2 fully saturated rings. The molecule has 33 heavy (non-hydrogen) atoms. The lowest BCUT2D eigenvalue weighted by Crippen LogP contribution is -2.42. The van der Waals surface area contributed by atoms with Crippen molar-refractivity contribution in [3.8, 4) is 0 Å². The van der Waals surface area contributed by atoms with E-state index < -0.39 is 0 Å². The summed E-state index contributed by atoms with van der Waals surface area (Å²) in [4.78, 5) is 31.7. The maximum atomic E-state index is 12.9. The smallest absolute Gasteiger partial charge is 0.263 e. The van der Waals surface area contributed by atoms with Crippen LogP contribution in [0.5, 0.6) is 0 Å². The van der Waals surface area contributed by atoms with Crippen molar-refractivity contribution >= 4 is 39.2 Å². The molecule has 0 unspecified atom stereocenters. The number of aromatic nitrogens is 3. The Hall–Kier alpha value is -2.62. The van der Waals surface area contributed by atoms with E-state index in [-0.39, 0.29) is 5.91 Å². The fraction of sp³-hybridized carbons (Fsp3) is 0.500. The highest BCUT2D eigenvalue weighted by Gasteiger charge is 2.29. The number of nitrogens with one attached hydrogen (secondary N) is 2. The molecule has 0 atom stereocenters. The van der Waals surface area contributed by atoms with Gasteiger partial charge in [-0.1, -0.05) is 18.9 Å². The second kappa shape index (κ2) is 9.70. The summed E-state index contributed by atoms with van der Waals surface area (Å²) < 4.78 is 0.965. The van der Waals surface area contributed by atoms with Gasteiger partial charge in [0.2, 0.25) is 5.95 Å².